The van der Waals surface area contributed by atoms with Crippen molar-refractivity contribution in [2.24, 2.45) is 0 Å². The molecule has 0 unspecified atom stereocenters. The maximum atomic E-state index is 10.6. The molecule has 0 aliphatic heterocycles. The van der Waals surface area contributed by atoms with Crippen LogP contribution >= 0.6 is 0 Å². The average Bonchev–Trinajstić information content (AvgIpc) is 2.98. The molecule has 0 radical (unpaired) electrons. The quantitative estimate of drug-likeness (QED) is 0.851. The molecule has 2 aromatic rings. The van der Waals surface area contributed by atoms with Crippen molar-refractivity contribution in [1.82, 2.24) is 9.38 Å². The highest BCUT2D eigenvalue weighted by Gasteiger charge is 2.27. The number of carboxylic acids is 1. The minimum Gasteiger partial charge on any atom is -0.481 e. The van der Waals surface area contributed by atoms with Gasteiger partial charge in [-0.1, -0.05) is 0 Å². The fourth-order valence-electron chi connectivity index (χ4n) is 1.99. The summed E-state index contributed by atoms with van der Waals surface area (Å²) in [6.07, 6.45) is 6.25. The van der Waals surface area contributed by atoms with Gasteiger partial charge in [0.25, 0.3) is 0 Å². The number of rotatable bonds is 3. The zero-order chi connectivity index (χ0) is 11.1. The molecule has 1 N–H and O–H groups in total. The first kappa shape index (κ1) is 9.39. The zero-order valence-electron chi connectivity index (χ0n) is 8.76. The van der Waals surface area contributed by atoms with Crippen LogP contribution in [0.25, 0.3) is 5.52 Å². The first-order valence-electron chi connectivity index (χ1n) is 5.42. The fraction of sp³-hybridized carbons (Fsp3) is 0.333. The number of hydrogen-bond acceptors (Lipinski definition) is 2. The molecule has 0 spiro atoms. The van der Waals surface area contributed by atoms with E-state index in [0.29, 0.717) is 5.92 Å². The molecule has 0 amide bonds. The number of pyridine rings is 1. The van der Waals surface area contributed by atoms with Gasteiger partial charge in [0.05, 0.1) is 18.1 Å². The highest BCUT2D eigenvalue weighted by Crippen LogP contribution is 2.39. The van der Waals surface area contributed by atoms with Crippen LogP contribution < -0.4 is 0 Å². The number of imidazole rings is 1. The molecular weight excluding hydrogens is 204 g/mol. The van der Waals surface area contributed by atoms with E-state index in [0.717, 1.165) is 16.9 Å². The van der Waals surface area contributed by atoms with Gasteiger partial charge in [-0.15, -0.1) is 0 Å². The lowest BCUT2D eigenvalue weighted by molar-refractivity contribution is -0.136. The first-order valence-corrected chi connectivity index (χ1v) is 5.42. The van der Waals surface area contributed by atoms with Crippen molar-refractivity contribution in [1.29, 1.82) is 0 Å². The van der Waals surface area contributed by atoms with Gasteiger partial charge < -0.3 is 9.51 Å². The van der Waals surface area contributed by atoms with Crippen molar-refractivity contribution in [3.05, 3.63) is 35.9 Å². The predicted molar refractivity (Wildman–Crippen MR) is 58.5 cm³/mol. The number of aliphatic carboxylic acids is 1. The van der Waals surface area contributed by atoms with E-state index >= 15 is 0 Å². The molecule has 0 bridgehead atoms. The van der Waals surface area contributed by atoms with Gasteiger partial charge in [-0.2, -0.15) is 0 Å². The number of hydrogen-bond donors (Lipinski definition) is 1. The zero-order valence-corrected chi connectivity index (χ0v) is 8.76. The molecule has 3 rings (SSSR count). The largest absolute Gasteiger partial charge is 0.481 e. The standard InChI is InChI=1S/C12H12N2O2/c15-11(16)6-8-3-4-14-10(5-8)7-13-12(14)9-1-2-9/h3-5,7,9H,1-2,6H2,(H,15,16). The second-order valence-corrected chi connectivity index (χ2v) is 4.29. The maximum absolute atomic E-state index is 10.6. The molecule has 2 aromatic heterocycles. The number of carbonyl (C=O) groups is 1. The lowest BCUT2D eigenvalue weighted by atomic mass is 10.2. The van der Waals surface area contributed by atoms with E-state index in [9.17, 15) is 4.79 Å². The average molecular weight is 216 g/mol. The summed E-state index contributed by atoms with van der Waals surface area (Å²) in [5.41, 5.74) is 1.81. The van der Waals surface area contributed by atoms with Crippen molar-refractivity contribution < 1.29 is 9.90 Å². The van der Waals surface area contributed by atoms with Crippen LogP contribution in [0.2, 0.25) is 0 Å². The van der Waals surface area contributed by atoms with Gasteiger partial charge in [0.2, 0.25) is 0 Å². The fourth-order valence-corrected chi connectivity index (χ4v) is 1.99. The number of fused-ring (bicyclic) bond motifs is 1. The summed E-state index contributed by atoms with van der Waals surface area (Å²) in [4.78, 5) is 15.0. The van der Waals surface area contributed by atoms with E-state index in [-0.39, 0.29) is 6.42 Å². The van der Waals surface area contributed by atoms with Crippen molar-refractivity contribution in [2.45, 2.75) is 25.2 Å². The summed E-state index contributed by atoms with van der Waals surface area (Å²) in [7, 11) is 0. The smallest absolute Gasteiger partial charge is 0.307 e. The summed E-state index contributed by atoms with van der Waals surface area (Å²) in [5.74, 6) is 0.913. The van der Waals surface area contributed by atoms with Crippen molar-refractivity contribution in [2.75, 3.05) is 0 Å². The Kier molecular flexibility index (Phi) is 1.96. The molecule has 0 atom stereocenters. The molecule has 1 aliphatic carbocycles. The molecule has 4 nitrogen and oxygen atoms in total. The Bertz CT molecular complexity index is 555. The monoisotopic (exact) mass is 216 g/mol. The summed E-state index contributed by atoms with van der Waals surface area (Å²) in [5, 5.41) is 8.72. The lowest BCUT2D eigenvalue weighted by Crippen LogP contribution is -2.01. The van der Waals surface area contributed by atoms with E-state index in [1.54, 1.807) is 0 Å². The van der Waals surface area contributed by atoms with Gasteiger partial charge in [0, 0.05) is 12.1 Å². The van der Waals surface area contributed by atoms with Gasteiger partial charge in [0.15, 0.2) is 0 Å². The molecule has 16 heavy (non-hydrogen) atoms. The first-order chi connectivity index (χ1) is 7.74. The third kappa shape index (κ3) is 1.56. The molecule has 0 saturated heterocycles. The van der Waals surface area contributed by atoms with E-state index in [1.807, 2.05) is 24.5 Å². The Balaban J connectivity index is 2.02. The van der Waals surface area contributed by atoms with E-state index in [4.69, 9.17) is 5.11 Å². The van der Waals surface area contributed by atoms with Gasteiger partial charge >= 0.3 is 5.97 Å². The van der Waals surface area contributed by atoms with Crippen LogP contribution in [0.1, 0.15) is 30.1 Å². The Morgan fingerprint density at radius 3 is 3.06 bits per heavy atom. The molecular formula is C12H12N2O2. The molecule has 1 fully saturated rings. The van der Waals surface area contributed by atoms with Gasteiger partial charge in [-0.25, -0.2) is 4.98 Å². The predicted octanol–water partition coefficient (Wildman–Crippen LogP) is 1.84. The number of aromatic nitrogens is 2. The summed E-state index contributed by atoms with van der Waals surface area (Å²) < 4.78 is 2.06. The van der Waals surface area contributed by atoms with Crippen molar-refractivity contribution >= 4 is 11.5 Å². The Hall–Kier alpha value is -1.84. The summed E-state index contributed by atoms with van der Waals surface area (Å²) in [6.45, 7) is 0. The minimum absolute atomic E-state index is 0.0699. The van der Waals surface area contributed by atoms with Crippen LogP contribution in [-0.4, -0.2) is 20.5 Å². The summed E-state index contributed by atoms with van der Waals surface area (Å²) >= 11 is 0. The third-order valence-electron chi connectivity index (χ3n) is 2.92. The van der Waals surface area contributed by atoms with E-state index in [1.165, 1.54) is 12.8 Å². The number of nitrogens with zero attached hydrogens (tertiary/aromatic N) is 2. The Morgan fingerprint density at radius 1 is 1.56 bits per heavy atom. The highest BCUT2D eigenvalue weighted by molar-refractivity contribution is 5.71. The van der Waals surface area contributed by atoms with Gasteiger partial charge in [-0.3, -0.25) is 4.79 Å². The van der Waals surface area contributed by atoms with Crippen LogP contribution in [0.4, 0.5) is 0 Å². The highest BCUT2D eigenvalue weighted by atomic mass is 16.4. The van der Waals surface area contributed by atoms with E-state index < -0.39 is 5.97 Å². The van der Waals surface area contributed by atoms with Gasteiger partial charge in [0.1, 0.15) is 5.82 Å². The second-order valence-electron chi connectivity index (χ2n) is 4.29. The third-order valence-corrected chi connectivity index (χ3v) is 2.92. The van der Waals surface area contributed by atoms with Crippen molar-refractivity contribution in [3.8, 4) is 0 Å². The topological polar surface area (TPSA) is 54.6 Å². The molecule has 0 aromatic carbocycles. The Morgan fingerprint density at radius 2 is 2.38 bits per heavy atom. The minimum atomic E-state index is -0.800. The molecule has 1 saturated carbocycles. The SMILES string of the molecule is O=C(O)Cc1ccn2c(C3CC3)ncc2c1. The summed E-state index contributed by atoms with van der Waals surface area (Å²) in [6, 6.07) is 3.75. The second kappa shape index (κ2) is 3.33. The number of carboxylic acid groups (broad SMARTS) is 1. The van der Waals surface area contributed by atoms with E-state index in [2.05, 4.69) is 9.38 Å². The van der Waals surface area contributed by atoms with Gasteiger partial charge in [-0.05, 0) is 30.5 Å². The lowest BCUT2D eigenvalue weighted by Gasteiger charge is -2.01. The van der Waals surface area contributed by atoms with Crippen LogP contribution in [0.5, 0.6) is 0 Å². The van der Waals surface area contributed by atoms with Crippen molar-refractivity contribution in [3.63, 3.8) is 0 Å². The normalized spacial score (nSPS) is 15.5. The van der Waals surface area contributed by atoms with Crippen LogP contribution in [-0.2, 0) is 11.2 Å². The van der Waals surface area contributed by atoms with Crippen LogP contribution in [0.3, 0.4) is 0 Å². The maximum Gasteiger partial charge on any atom is 0.307 e. The molecule has 82 valence electrons. The molecule has 4 heteroatoms. The molecule has 2 heterocycles. The molecule has 1 aliphatic rings. The Labute approximate surface area is 92.5 Å². The van der Waals surface area contributed by atoms with Crippen LogP contribution in [0.15, 0.2) is 24.5 Å². The van der Waals surface area contributed by atoms with Crippen LogP contribution in [0, 0.1) is 0 Å².